The Kier molecular flexibility index (Phi) is 4.72. The van der Waals surface area contributed by atoms with Crippen molar-refractivity contribution in [3.05, 3.63) is 64.4 Å². The molecule has 1 unspecified atom stereocenters. The van der Waals surface area contributed by atoms with Crippen molar-refractivity contribution in [2.45, 2.75) is 39.3 Å². The number of amidine groups is 1. The smallest absolute Gasteiger partial charge is 0.348 e. The fourth-order valence-corrected chi connectivity index (χ4v) is 4.21. The Bertz CT molecular complexity index is 1100. The van der Waals surface area contributed by atoms with Crippen LogP contribution in [0.5, 0.6) is 0 Å². The number of aromatic nitrogens is 1. The van der Waals surface area contributed by atoms with Crippen molar-refractivity contribution >= 4 is 18.0 Å². The van der Waals surface area contributed by atoms with Gasteiger partial charge in [-0.05, 0) is 37.8 Å². The minimum Gasteiger partial charge on any atom is -0.418 e. The number of aryl methyl sites for hydroxylation is 3. The Morgan fingerprint density at radius 2 is 2.10 bits per heavy atom. The zero-order chi connectivity index (χ0) is 21.5. The Labute approximate surface area is 179 Å². The third kappa shape index (κ3) is 3.56. The number of nitrogens with zero attached hydrogens (tertiary/aromatic N) is 4. The number of rotatable bonds is 4. The fourth-order valence-electron chi connectivity index (χ4n) is 4.21. The lowest BCUT2D eigenvalue weighted by Crippen LogP contribution is -2.32. The molecule has 2 aliphatic heterocycles. The Morgan fingerprint density at radius 3 is 2.90 bits per heavy atom. The summed E-state index contributed by atoms with van der Waals surface area (Å²) in [5, 5.41) is 6.97. The molecule has 0 spiro atoms. The van der Waals surface area contributed by atoms with Crippen LogP contribution in [-0.4, -0.2) is 46.0 Å². The van der Waals surface area contributed by atoms with Crippen molar-refractivity contribution in [3.63, 3.8) is 0 Å². The van der Waals surface area contributed by atoms with Gasteiger partial charge in [0.2, 0.25) is 5.76 Å². The molecule has 1 aliphatic carbocycles. The maximum Gasteiger partial charge on any atom is 0.348 e. The molecule has 1 aromatic carbocycles. The molecule has 0 fully saturated rings. The normalized spacial score (nSPS) is 19.9. The van der Waals surface area contributed by atoms with Crippen LogP contribution in [0.25, 0.3) is 0 Å². The number of urea groups is 1. The molecule has 0 radical (unpaired) electrons. The number of nitrogens with one attached hydrogen (secondary N) is 1. The molecule has 9 heteroatoms. The van der Waals surface area contributed by atoms with E-state index in [9.17, 15) is 9.59 Å². The average Bonchev–Trinajstić information content (AvgIpc) is 3.42. The van der Waals surface area contributed by atoms with Crippen LogP contribution in [0.4, 0.5) is 4.79 Å². The number of carbonyl (C=O) groups is 2. The summed E-state index contributed by atoms with van der Waals surface area (Å²) in [5.74, 6) is 0.527. The molecular weight excluding hydrogens is 398 g/mol. The van der Waals surface area contributed by atoms with Crippen LogP contribution >= 0.6 is 0 Å². The highest BCUT2D eigenvalue weighted by Gasteiger charge is 2.33. The van der Waals surface area contributed by atoms with Crippen LogP contribution in [-0.2, 0) is 22.5 Å². The molecule has 0 saturated heterocycles. The average molecular weight is 421 g/mol. The van der Waals surface area contributed by atoms with E-state index in [1.807, 2.05) is 32.0 Å². The number of fused-ring (bicyclic) bond motifs is 2. The van der Waals surface area contributed by atoms with E-state index in [0.717, 1.165) is 29.7 Å². The summed E-state index contributed by atoms with van der Waals surface area (Å²) in [7, 11) is 0. The second-order valence-electron chi connectivity index (χ2n) is 7.95. The second-order valence-corrected chi connectivity index (χ2v) is 7.95. The van der Waals surface area contributed by atoms with Gasteiger partial charge in [0.25, 0.3) is 5.91 Å². The fraction of sp³-hybridized carbons (Fsp3) is 0.364. The number of benzene rings is 1. The van der Waals surface area contributed by atoms with Gasteiger partial charge in [-0.3, -0.25) is 9.69 Å². The Balaban J connectivity index is 1.25. The van der Waals surface area contributed by atoms with Crippen molar-refractivity contribution in [2.24, 2.45) is 4.99 Å². The van der Waals surface area contributed by atoms with Gasteiger partial charge >= 0.3 is 12.1 Å². The standard InChI is InChI=1S/C22H23N5O4/c1-13-17(14(2)31-25-13)11-26-9-10-27-12-19(30-22(27)24-21(26)29)20(28)23-18-8-7-15-5-3-4-6-16(15)18/h3-6,12,18H,7-11H2,1-2H3,(H,23,28). The largest absolute Gasteiger partial charge is 0.418 e. The molecule has 31 heavy (non-hydrogen) atoms. The SMILES string of the molecule is Cc1noc(C)c1CN1CCN2C=C(C(=O)NC3CCc4ccccc43)OC2=NC1=O. The quantitative estimate of drug-likeness (QED) is 0.814. The van der Waals surface area contributed by atoms with E-state index in [0.29, 0.717) is 25.4 Å². The van der Waals surface area contributed by atoms with E-state index in [4.69, 9.17) is 9.26 Å². The van der Waals surface area contributed by atoms with Gasteiger partial charge in [0, 0.05) is 18.7 Å². The van der Waals surface area contributed by atoms with Crippen LogP contribution in [0, 0.1) is 13.8 Å². The predicted molar refractivity (Wildman–Crippen MR) is 111 cm³/mol. The first-order valence-electron chi connectivity index (χ1n) is 10.3. The molecular formula is C22H23N5O4. The van der Waals surface area contributed by atoms with Gasteiger partial charge in [0.15, 0.2) is 0 Å². The highest BCUT2D eigenvalue weighted by molar-refractivity contribution is 6.00. The number of aliphatic imine (C=N–C) groups is 1. The summed E-state index contributed by atoms with van der Waals surface area (Å²) < 4.78 is 10.8. The second kappa shape index (κ2) is 7.57. The molecule has 1 aromatic heterocycles. The Hall–Kier alpha value is -3.62. The molecule has 3 aliphatic rings. The van der Waals surface area contributed by atoms with Crippen LogP contribution in [0.2, 0.25) is 0 Å². The molecule has 5 rings (SSSR count). The van der Waals surface area contributed by atoms with Crippen molar-refractivity contribution in [1.82, 2.24) is 20.3 Å². The molecule has 160 valence electrons. The van der Waals surface area contributed by atoms with E-state index in [2.05, 4.69) is 21.5 Å². The summed E-state index contributed by atoms with van der Waals surface area (Å²) in [4.78, 5) is 32.8. The lowest BCUT2D eigenvalue weighted by molar-refractivity contribution is -0.120. The molecule has 2 aromatic rings. The maximum atomic E-state index is 12.8. The molecule has 0 saturated carbocycles. The monoisotopic (exact) mass is 421 g/mol. The van der Waals surface area contributed by atoms with Crippen LogP contribution in [0.1, 0.15) is 40.6 Å². The minimum absolute atomic E-state index is 0.0392. The van der Waals surface area contributed by atoms with E-state index in [-0.39, 0.29) is 23.7 Å². The zero-order valence-electron chi connectivity index (χ0n) is 17.4. The highest BCUT2D eigenvalue weighted by Crippen LogP contribution is 2.31. The third-order valence-corrected chi connectivity index (χ3v) is 5.98. The van der Waals surface area contributed by atoms with E-state index >= 15 is 0 Å². The summed E-state index contributed by atoms with van der Waals surface area (Å²) in [6, 6.07) is 7.79. The first-order chi connectivity index (χ1) is 15.0. The lowest BCUT2D eigenvalue weighted by atomic mass is 10.1. The third-order valence-electron chi connectivity index (χ3n) is 5.98. The van der Waals surface area contributed by atoms with Gasteiger partial charge in [-0.25, -0.2) is 4.79 Å². The maximum absolute atomic E-state index is 12.8. The predicted octanol–water partition coefficient (Wildman–Crippen LogP) is 2.56. The van der Waals surface area contributed by atoms with Gasteiger partial charge in [0.05, 0.1) is 24.5 Å². The molecule has 1 N–H and O–H groups in total. The van der Waals surface area contributed by atoms with Gasteiger partial charge in [0.1, 0.15) is 5.76 Å². The summed E-state index contributed by atoms with van der Waals surface area (Å²) in [6.07, 6.45) is 3.41. The number of hydrogen-bond acceptors (Lipinski definition) is 6. The lowest BCUT2D eigenvalue weighted by Gasteiger charge is -2.19. The number of amides is 3. The summed E-state index contributed by atoms with van der Waals surface area (Å²) in [5.41, 5.74) is 4.04. The van der Waals surface area contributed by atoms with Gasteiger partial charge < -0.3 is 19.5 Å². The van der Waals surface area contributed by atoms with Crippen LogP contribution in [0.3, 0.4) is 0 Å². The van der Waals surface area contributed by atoms with E-state index in [1.54, 1.807) is 16.0 Å². The minimum atomic E-state index is -0.419. The molecule has 3 heterocycles. The molecule has 1 atom stereocenters. The first kappa shape index (κ1) is 19.3. The highest BCUT2D eigenvalue weighted by atomic mass is 16.5. The van der Waals surface area contributed by atoms with Crippen molar-refractivity contribution < 1.29 is 18.8 Å². The van der Waals surface area contributed by atoms with Crippen molar-refractivity contribution in [3.8, 4) is 0 Å². The number of ether oxygens (including phenoxy) is 1. The molecule has 0 bridgehead atoms. The number of hydrogen-bond donors (Lipinski definition) is 1. The van der Waals surface area contributed by atoms with Crippen LogP contribution in [0.15, 0.2) is 45.7 Å². The summed E-state index contributed by atoms with van der Waals surface area (Å²) >= 11 is 0. The summed E-state index contributed by atoms with van der Waals surface area (Å²) in [6.45, 7) is 4.93. The van der Waals surface area contributed by atoms with E-state index < -0.39 is 6.03 Å². The van der Waals surface area contributed by atoms with Gasteiger partial charge in [-0.15, -0.1) is 4.99 Å². The van der Waals surface area contributed by atoms with Gasteiger partial charge in [-0.2, -0.15) is 0 Å². The first-order valence-corrected chi connectivity index (χ1v) is 10.3. The number of carbonyl (C=O) groups excluding carboxylic acids is 2. The zero-order valence-corrected chi connectivity index (χ0v) is 17.4. The molecule has 9 nitrogen and oxygen atoms in total. The van der Waals surface area contributed by atoms with Crippen LogP contribution < -0.4 is 5.32 Å². The van der Waals surface area contributed by atoms with Gasteiger partial charge in [-0.1, -0.05) is 29.4 Å². The van der Waals surface area contributed by atoms with E-state index in [1.165, 1.54) is 5.56 Å². The van der Waals surface area contributed by atoms with Crippen molar-refractivity contribution in [1.29, 1.82) is 0 Å². The Morgan fingerprint density at radius 1 is 1.26 bits per heavy atom. The van der Waals surface area contributed by atoms with Crippen molar-refractivity contribution in [2.75, 3.05) is 13.1 Å². The molecule has 3 amide bonds. The topological polar surface area (TPSA) is 100 Å².